The fraction of sp³-hybridized carbons (Fsp3) is 0.579. The Kier molecular flexibility index (Phi) is 5.79. The summed E-state index contributed by atoms with van der Waals surface area (Å²) in [6.07, 6.45) is 4.95. The van der Waals surface area contributed by atoms with Crippen molar-refractivity contribution in [3.63, 3.8) is 0 Å². The molecule has 0 spiro atoms. The minimum atomic E-state index is 0.0202. The number of urea groups is 1. The van der Waals surface area contributed by atoms with Gasteiger partial charge in [-0.2, -0.15) is 0 Å². The Balaban J connectivity index is 1.46. The van der Waals surface area contributed by atoms with Crippen molar-refractivity contribution in [3.05, 3.63) is 29.8 Å². The average Bonchev–Trinajstić information content (AvgIpc) is 3.15. The highest BCUT2D eigenvalue weighted by atomic mass is 16.5. The third-order valence-electron chi connectivity index (χ3n) is 5.09. The van der Waals surface area contributed by atoms with Gasteiger partial charge in [0.1, 0.15) is 5.75 Å². The number of benzene rings is 1. The molecule has 3 amide bonds. The standard InChI is InChI=1S/C19H27N3O3/c1-25-17-8-4-5-15(13-17)14-18(23)21-9-11-22(12-10-21)19(24)20-16-6-2-3-7-16/h4-5,8,13,16H,2-3,6-7,9-12,14H2,1H3,(H,20,24). The highest BCUT2D eigenvalue weighted by Gasteiger charge is 2.26. The van der Waals surface area contributed by atoms with Gasteiger partial charge in [0.25, 0.3) is 0 Å². The number of nitrogens with one attached hydrogen (secondary N) is 1. The number of hydrogen-bond donors (Lipinski definition) is 1. The molecule has 1 aromatic rings. The molecule has 3 rings (SSSR count). The maximum atomic E-state index is 12.5. The van der Waals surface area contributed by atoms with Crippen molar-refractivity contribution in [2.75, 3.05) is 33.3 Å². The molecule has 1 aliphatic heterocycles. The van der Waals surface area contributed by atoms with Crippen LogP contribution in [0.5, 0.6) is 5.75 Å². The first-order valence-corrected chi connectivity index (χ1v) is 9.12. The lowest BCUT2D eigenvalue weighted by Crippen LogP contribution is -2.54. The molecule has 1 N–H and O–H groups in total. The normalized spacial score (nSPS) is 18.3. The third kappa shape index (κ3) is 4.65. The minimum Gasteiger partial charge on any atom is -0.497 e. The quantitative estimate of drug-likeness (QED) is 0.908. The van der Waals surface area contributed by atoms with Gasteiger partial charge in [-0.3, -0.25) is 4.79 Å². The lowest BCUT2D eigenvalue weighted by Gasteiger charge is -2.35. The van der Waals surface area contributed by atoms with Gasteiger partial charge in [0.05, 0.1) is 13.5 Å². The molecule has 1 aromatic carbocycles. The monoisotopic (exact) mass is 345 g/mol. The van der Waals surface area contributed by atoms with Gasteiger partial charge in [-0.1, -0.05) is 25.0 Å². The van der Waals surface area contributed by atoms with Crippen LogP contribution in [0.3, 0.4) is 0 Å². The van der Waals surface area contributed by atoms with Crippen molar-refractivity contribution in [1.82, 2.24) is 15.1 Å². The summed E-state index contributed by atoms with van der Waals surface area (Å²) in [6, 6.07) is 7.95. The number of carbonyl (C=O) groups excluding carboxylic acids is 2. The molecular weight excluding hydrogens is 318 g/mol. The second-order valence-electron chi connectivity index (χ2n) is 6.83. The Morgan fingerprint density at radius 3 is 2.48 bits per heavy atom. The third-order valence-corrected chi connectivity index (χ3v) is 5.09. The predicted octanol–water partition coefficient (Wildman–Crippen LogP) is 2.03. The van der Waals surface area contributed by atoms with E-state index in [2.05, 4.69) is 5.32 Å². The molecule has 6 heteroatoms. The smallest absolute Gasteiger partial charge is 0.317 e. The maximum absolute atomic E-state index is 12.5. The summed E-state index contributed by atoms with van der Waals surface area (Å²) in [7, 11) is 1.62. The molecular formula is C19H27N3O3. The minimum absolute atomic E-state index is 0.0202. The van der Waals surface area contributed by atoms with Crippen LogP contribution < -0.4 is 10.1 Å². The molecule has 2 fully saturated rings. The summed E-state index contributed by atoms with van der Waals surface area (Å²) in [4.78, 5) is 28.5. The van der Waals surface area contributed by atoms with Gasteiger partial charge in [-0.25, -0.2) is 4.79 Å². The zero-order valence-corrected chi connectivity index (χ0v) is 14.9. The first-order chi connectivity index (χ1) is 12.2. The van der Waals surface area contributed by atoms with Gasteiger partial charge in [-0.15, -0.1) is 0 Å². The molecule has 1 aliphatic carbocycles. The van der Waals surface area contributed by atoms with E-state index in [1.165, 1.54) is 12.8 Å². The van der Waals surface area contributed by atoms with Crippen molar-refractivity contribution < 1.29 is 14.3 Å². The number of hydrogen-bond acceptors (Lipinski definition) is 3. The Hall–Kier alpha value is -2.24. The number of amides is 3. The number of nitrogens with zero attached hydrogens (tertiary/aromatic N) is 2. The zero-order chi connectivity index (χ0) is 17.6. The molecule has 0 atom stereocenters. The topological polar surface area (TPSA) is 61.9 Å². The number of rotatable bonds is 4. The van der Waals surface area contributed by atoms with E-state index in [-0.39, 0.29) is 11.9 Å². The number of piperazine rings is 1. The number of methoxy groups -OCH3 is 1. The van der Waals surface area contributed by atoms with E-state index in [0.717, 1.165) is 24.2 Å². The van der Waals surface area contributed by atoms with Gasteiger partial charge in [-0.05, 0) is 30.5 Å². The van der Waals surface area contributed by atoms with Gasteiger partial charge in [0, 0.05) is 32.2 Å². The molecule has 2 aliphatic rings. The van der Waals surface area contributed by atoms with Crippen LogP contribution in [0.25, 0.3) is 0 Å². The molecule has 0 bridgehead atoms. The summed E-state index contributed by atoms with van der Waals surface area (Å²) >= 11 is 0. The van der Waals surface area contributed by atoms with Crippen LogP contribution in [0.1, 0.15) is 31.2 Å². The SMILES string of the molecule is COc1cccc(CC(=O)N2CCN(C(=O)NC3CCCC3)CC2)c1. The number of carbonyl (C=O) groups is 2. The van der Waals surface area contributed by atoms with Crippen molar-refractivity contribution in [2.24, 2.45) is 0 Å². The van der Waals surface area contributed by atoms with Crippen LogP contribution in [0, 0.1) is 0 Å². The molecule has 0 unspecified atom stereocenters. The highest BCUT2D eigenvalue weighted by Crippen LogP contribution is 2.18. The summed E-state index contributed by atoms with van der Waals surface area (Å²) < 4.78 is 5.20. The van der Waals surface area contributed by atoms with Gasteiger partial charge in [0.2, 0.25) is 5.91 Å². The van der Waals surface area contributed by atoms with Crippen LogP contribution in [-0.4, -0.2) is 61.1 Å². The zero-order valence-electron chi connectivity index (χ0n) is 14.9. The van der Waals surface area contributed by atoms with Crippen molar-refractivity contribution in [1.29, 1.82) is 0 Å². The van der Waals surface area contributed by atoms with E-state index >= 15 is 0 Å². The van der Waals surface area contributed by atoms with Crippen LogP contribution >= 0.6 is 0 Å². The lowest BCUT2D eigenvalue weighted by atomic mass is 10.1. The molecule has 1 heterocycles. The largest absolute Gasteiger partial charge is 0.497 e. The fourth-order valence-corrected chi connectivity index (χ4v) is 3.56. The summed E-state index contributed by atoms with van der Waals surface area (Å²) in [5.74, 6) is 0.864. The molecule has 136 valence electrons. The predicted molar refractivity (Wildman–Crippen MR) is 95.6 cm³/mol. The molecule has 1 saturated carbocycles. The van der Waals surface area contributed by atoms with Gasteiger partial charge in [0.15, 0.2) is 0 Å². The fourth-order valence-electron chi connectivity index (χ4n) is 3.56. The first-order valence-electron chi connectivity index (χ1n) is 9.12. The number of ether oxygens (including phenoxy) is 1. The molecule has 0 aromatic heterocycles. The van der Waals surface area contributed by atoms with Gasteiger partial charge >= 0.3 is 6.03 Å². The molecule has 1 saturated heterocycles. The van der Waals surface area contributed by atoms with Crippen LogP contribution in [0.4, 0.5) is 4.79 Å². The molecule has 6 nitrogen and oxygen atoms in total. The summed E-state index contributed by atoms with van der Waals surface area (Å²) in [5, 5.41) is 3.11. The molecule has 25 heavy (non-hydrogen) atoms. The van der Waals surface area contributed by atoms with Crippen molar-refractivity contribution >= 4 is 11.9 Å². The summed E-state index contributed by atoms with van der Waals surface area (Å²) in [5.41, 5.74) is 0.950. The summed E-state index contributed by atoms with van der Waals surface area (Å²) in [6.45, 7) is 2.40. The van der Waals surface area contributed by atoms with Crippen LogP contribution in [0.15, 0.2) is 24.3 Å². The van der Waals surface area contributed by atoms with Crippen LogP contribution in [0.2, 0.25) is 0 Å². The van der Waals surface area contributed by atoms with E-state index < -0.39 is 0 Å². The van der Waals surface area contributed by atoms with Crippen molar-refractivity contribution in [2.45, 2.75) is 38.1 Å². The Morgan fingerprint density at radius 1 is 1.12 bits per heavy atom. The average molecular weight is 345 g/mol. The van der Waals surface area contributed by atoms with E-state index in [4.69, 9.17) is 4.74 Å². The van der Waals surface area contributed by atoms with Gasteiger partial charge < -0.3 is 19.9 Å². The van der Waals surface area contributed by atoms with Crippen molar-refractivity contribution in [3.8, 4) is 5.75 Å². The Bertz CT molecular complexity index is 606. The van der Waals surface area contributed by atoms with Crippen LogP contribution in [-0.2, 0) is 11.2 Å². The Labute approximate surface area is 149 Å². The van der Waals surface area contributed by atoms with E-state index in [1.807, 2.05) is 34.1 Å². The second-order valence-corrected chi connectivity index (χ2v) is 6.83. The van der Waals surface area contributed by atoms with E-state index in [9.17, 15) is 9.59 Å². The van der Waals surface area contributed by atoms with E-state index in [0.29, 0.717) is 38.6 Å². The highest BCUT2D eigenvalue weighted by molar-refractivity contribution is 5.80. The Morgan fingerprint density at radius 2 is 1.80 bits per heavy atom. The first kappa shape index (κ1) is 17.6. The maximum Gasteiger partial charge on any atom is 0.317 e. The lowest BCUT2D eigenvalue weighted by molar-refractivity contribution is -0.131. The molecule has 0 radical (unpaired) electrons. The second kappa shape index (κ2) is 8.23. The van der Waals surface area contributed by atoms with E-state index in [1.54, 1.807) is 7.11 Å².